The first kappa shape index (κ1) is 14.4. The van der Waals surface area contributed by atoms with Crippen molar-refractivity contribution in [3.63, 3.8) is 0 Å². The molecule has 2 atom stereocenters. The first-order chi connectivity index (χ1) is 10.7. The Balaban J connectivity index is 1.89. The Morgan fingerprint density at radius 1 is 0.909 bits per heavy atom. The smallest absolute Gasteiger partial charge is 0.259 e. The van der Waals surface area contributed by atoms with Crippen molar-refractivity contribution in [3.8, 4) is 11.5 Å². The molecule has 0 aliphatic carbocycles. The zero-order chi connectivity index (χ0) is 15.7. The Labute approximate surface area is 128 Å². The van der Waals surface area contributed by atoms with Crippen molar-refractivity contribution in [2.24, 2.45) is 0 Å². The van der Waals surface area contributed by atoms with Gasteiger partial charge in [0.2, 0.25) is 0 Å². The summed E-state index contributed by atoms with van der Waals surface area (Å²) in [4.78, 5) is 13.6. The molecule has 0 bridgehead atoms. The average Bonchev–Trinajstić information content (AvgIpc) is 2.59. The monoisotopic (exact) mass is 299 g/mol. The molecule has 1 aliphatic rings. The molecule has 1 N–H and O–H groups in total. The van der Waals surface area contributed by atoms with Crippen molar-refractivity contribution in [2.75, 3.05) is 19.1 Å². The predicted molar refractivity (Wildman–Crippen MR) is 82.2 cm³/mol. The Bertz CT molecular complexity index is 666. The van der Waals surface area contributed by atoms with E-state index in [0.717, 1.165) is 22.7 Å². The number of hydrogen-bond donors (Lipinski definition) is 1. The van der Waals surface area contributed by atoms with Gasteiger partial charge in [-0.2, -0.15) is 0 Å². The van der Waals surface area contributed by atoms with Crippen LogP contribution in [-0.2, 0) is 4.79 Å². The van der Waals surface area contributed by atoms with Gasteiger partial charge >= 0.3 is 0 Å². The van der Waals surface area contributed by atoms with Crippen LogP contribution in [0, 0.1) is 0 Å². The average molecular weight is 299 g/mol. The fourth-order valence-corrected chi connectivity index (χ4v) is 2.64. The molecule has 2 unspecified atom stereocenters. The number of ether oxygens (including phenoxy) is 2. The number of benzene rings is 2. The van der Waals surface area contributed by atoms with Gasteiger partial charge in [-0.05, 0) is 42.0 Å². The molecule has 22 heavy (non-hydrogen) atoms. The molecule has 5 nitrogen and oxygen atoms in total. The third kappa shape index (κ3) is 2.29. The molecule has 2 aromatic carbocycles. The van der Waals surface area contributed by atoms with Crippen LogP contribution in [0.5, 0.6) is 11.5 Å². The van der Waals surface area contributed by atoms with E-state index in [4.69, 9.17) is 9.47 Å². The summed E-state index contributed by atoms with van der Waals surface area (Å²) >= 11 is 0. The number of aliphatic hydroxyl groups is 1. The van der Waals surface area contributed by atoms with Gasteiger partial charge in [0.05, 0.1) is 20.3 Å². The van der Waals surface area contributed by atoms with Crippen LogP contribution in [0.4, 0.5) is 5.69 Å². The summed E-state index contributed by atoms with van der Waals surface area (Å²) in [6.07, 6.45) is -1.02. The highest BCUT2D eigenvalue weighted by Gasteiger charge is 2.47. The maximum atomic E-state index is 12.0. The van der Waals surface area contributed by atoms with Gasteiger partial charge in [0.25, 0.3) is 5.91 Å². The van der Waals surface area contributed by atoms with Crippen molar-refractivity contribution in [2.45, 2.75) is 12.1 Å². The number of anilines is 1. The van der Waals surface area contributed by atoms with E-state index in [1.165, 1.54) is 0 Å². The molecule has 3 rings (SSSR count). The fourth-order valence-electron chi connectivity index (χ4n) is 2.64. The van der Waals surface area contributed by atoms with Crippen LogP contribution in [-0.4, -0.2) is 31.3 Å². The summed E-state index contributed by atoms with van der Waals surface area (Å²) < 4.78 is 10.2. The summed E-state index contributed by atoms with van der Waals surface area (Å²) in [5.41, 5.74) is 1.60. The molecule has 114 valence electrons. The van der Waals surface area contributed by atoms with Gasteiger partial charge in [-0.1, -0.05) is 12.1 Å². The minimum absolute atomic E-state index is 0.300. The molecular formula is C17H17NO4. The predicted octanol–water partition coefficient (Wildman–Crippen LogP) is 2.15. The highest BCUT2D eigenvalue weighted by atomic mass is 16.5. The summed E-state index contributed by atoms with van der Waals surface area (Å²) in [5.74, 6) is 1.16. The van der Waals surface area contributed by atoms with Gasteiger partial charge in [-0.25, -0.2) is 0 Å². The summed E-state index contributed by atoms with van der Waals surface area (Å²) in [6.45, 7) is 0. The van der Waals surface area contributed by atoms with Crippen LogP contribution < -0.4 is 14.4 Å². The van der Waals surface area contributed by atoms with Gasteiger partial charge in [-0.15, -0.1) is 0 Å². The quantitative estimate of drug-likeness (QED) is 0.879. The number of carbonyl (C=O) groups excluding carboxylic acids is 1. The Hall–Kier alpha value is -2.53. The van der Waals surface area contributed by atoms with Gasteiger partial charge in [0.1, 0.15) is 11.5 Å². The maximum absolute atomic E-state index is 12.0. The minimum atomic E-state index is -1.02. The van der Waals surface area contributed by atoms with Gasteiger partial charge < -0.3 is 14.6 Å². The molecule has 1 heterocycles. The standard InChI is InChI=1S/C17H17NO4/c1-21-13-7-3-11(4-8-13)15-16(19)17(20)18(15)12-5-9-14(22-2)10-6-12/h3-10,15-16,19H,1-2H3. The lowest BCUT2D eigenvalue weighted by atomic mass is 9.90. The molecule has 5 heteroatoms. The molecule has 1 aliphatic heterocycles. The number of nitrogens with zero attached hydrogens (tertiary/aromatic N) is 1. The van der Waals surface area contributed by atoms with E-state index in [0.29, 0.717) is 0 Å². The van der Waals surface area contributed by atoms with E-state index in [1.54, 1.807) is 43.4 Å². The Kier molecular flexibility index (Phi) is 3.73. The third-order valence-corrected chi connectivity index (χ3v) is 3.88. The second-order valence-corrected chi connectivity index (χ2v) is 5.07. The normalized spacial score (nSPS) is 20.5. The first-order valence-electron chi connectivity index (χ1n) is 6.95. The molecular weight excluding hydrogens is 282 g/mol. The molecule has 1 saturated heterocycles. The number of carbonyl (C=O) groups is 1. The zero-order valence-corrected chi connectivity index (χ0v) is 12.4. The molecule has 0 spiro atoms. The highest BCUT2D eigenvalue weighted by Crippen LogP contribution is 2.39. The Morgan fingerprint density at radius 2 is 1.41 bits per heavy atom. The van der Waals surface area contributed by atoms with Crippen LogP contribution in [0.2, 0.25) is 0 Å². The summed E-state index contributed by atoms with van der Waals surface area (Å²) in [6, 6.07) is 14.2. The van der Waals surface area contributed by atoms with E-state index in [2.05, 4.69) is 0 Å². The zero-order valence-electron chi connectivity index (χ0n) is 12.4. The maximum Gasteiger partial charge on any atom is 0.259 e. The SMILES string of the molecule is COc1ccc(C2C(O)C(=O)N2c2ccc(OC)cc2)cc1. The first-order valence-corrected chi connectivity index (χ1v) is 6.95. The van der Waals surface area contributed by atoms with Crippen molar-refractivity contribution < 1.29 is 19.4 Å². The molecule has 0 radical (unpaired) electrons. The lowest BCUT2D eigenvalue weighted by molar-refractivity contribution is -0.137. The molecule has 1 fully saturated rings. The number of rotatable bonds is 4. The van der Waals surface area contributed by atoms with Crippen molar-refractivity contribution in [1.29, 1.82) is 0 Å². The van der Waals surface area contributed by atoms with Crippen molar-refractivity contribution in [1.82, 2.24) is 0 Å². The summed E-state index contributed by atoms with van der Waals surface area (Å²) in [5, 5.41) is 10.0. The number of β-lactam (4-membered cyclic amide) rings is 1. The van der Waals surface area contributed by atoms with Crippen LogP contribution in [0.15, 0.2) is 48.5 Å². The van der Waals surface area contributed by atoms with Gasteiger partial charge in [0.15, 0.2) is 6.10 Å². The molecule has 2 aromatic rings. The van der Waals surface area contributed by atoms with Crippen LogP contribution in [0.1, 0.15) is 11.6 Å². The molecule has 0 saturated carbocycles. The lowest BCUT2D eigenvalue weighted by Crippen LogP contribution is -2.59. The van der Waals surface area contributed by atoms with Crippen LogP contribution >= 0.6 is 0 Å². The highest BCUT2D eigenvalue weighted by molar-refractivity contribution is 6.04. The van der Waals surface area contributed by atoms with Gasteiger partial charge in [-0.3, -0.25) is 9.69 Å². The number of aliphatic hydroxyl groups excluding tert-OH is 1. The van der Waals surface area contributed by atoms with E-state index in [9.17, 15) is 9.90 Å². The second kappa shape index (κ2) is 5.69. The molecule has 0 aromatic heterocycles. The van der Waals surface area contributed by atoms with E-state index in [-0.39, 0.29) is 11.9 Å². The van der Waals surface area contributed by atoms with Crippen LogP contribution in [0.25, 0.3) is 0 Å². The number of methoxy groups -OCH3 is 2. The minimum Gasteiger partial charge on any atom is -0.497 e. The fraction of sp³-hybridized carbons (Fsp3) is 0.235. The topological polar surface area (TPSA) is 59.0 Å². The van der Waals surface area contributed by atoms with Crippen LogP contribution in [0.3, 0.4) is 0 Å². The van der Waals surface area contributed by atoms with E-state index >= 15 is 0 Å². The summed E-state index contributed by atoms with van der Waals surface area (Å²) in [7, 11) is 3.19. The molecule has 1 amide bonds. The number of amides is 1. The van der Waals surface area contributed by atoms with E-state index in [1.807, 2.05) is 24.3 Å². The third-order valence-electron chi connectivity index (χ3n) is 3.88. The second-order valence-electron chi connectivity index (χ2n) is 5.07. The van der Waals surface area contributed by atoms with Crippen molar-refractivity contribution >= 4 is 11.6 Å². The van der Waals surface area contributed by atoms with Gasteiger partial charge in [0, 0.05) is 5.69 Å². The lowest BCUT2D eigenvalue weighted by Gasteiger charge is -2.44. The van der Waals surface area contributed by atoms with E-state index < -0.39 is 6.10 Å². The van der Waals surface area contributed by atoms with Crippen molar-refractivity contribution in [3.05, 3.63) is 54.1 Å². The number of hydrogen-bond acceptors (Lipinski definition) is 4. The largest absolute Gasteiger partial charge is 0.497 e. The Morgan fingerprint density at radius 3 is 1.91 bits per heavy atom.